The Bertz CT molecular complexity index is 670. The zero-order valence-corrected chi connectivity index (χ0v) is 12.1. The summed E-state index contributed by atoms with van der Waals surface area (Å²) in [5.41, 5.74) is 1.47. The zero-order valence-electron chi connectivity index (χ0n) is 10.5. The lowest BCUT2D eigenvalue weighted by Crippen LogP contribution is -2.09. The first-order valence-electron chi connectivity index (χ1n) is 5.95. The highest BCUT2D eigenvalue weighted by molar-refractivity contribution is 7.18. The topological polar surface area (TPSA) is 49.3 Å². The summed E-state index contributed by atoms with van der Waals surface area (Å²) in [6.45, 7) is 0.0442. The third-order valence-electron chi connectivity index (χ3n) is 2.39. The van der Waals surface area contributed by atoms with E-state index in [4.69, 9.17) is 16.7 Å². The van der Waals surface area contributed by atoms with E-state index in [-0.39, 0.29) is 12.5 Å². The molecule has 5 heteroatoms. The van der Waals surface area contributed by atoms with E-state index in [0.29, 0.717) is 21.3 Å². The number of anilines is 1. The number of hydrogen-bond donors (Lipinski definition) is 2. The number of hydrogen-bond acceptors (Lipinski definition) is 3. The maximum absolute atomic E-state index is 12.0. The van der Waals surface area contributed by atoms with Crippen molar-refractivity contribution in [3.63, 3.8) is 0 Å². The SMILES string of the molecule is O=C(Nc1cccc(C#CCCO)c1)c1ccc(Cl)s1. The minimum Gasteiger partial charge on any atom is -0.395 e. The highest BCUT2D eigenvalue weighted by Gasteiger charge is 2.08. The van der Waals surface area contributed by atoms with Crippen molar-refractivity contribution in [1.82, 2.24) is 0 Å². The van der Waals surface area contributed by atoms with Crippen LogP contribution in [-0.4, -0.2) is 17.6 Å². The van der Waals surface area contributed by atoms with E-state index in [0.717, 1.165) is 5.56 Å². The Morgan fingerprint density at radius 1 is 1.35 bits per heavy atom. The summed E-state index contributed by atoms with van der Waals surface area (Å²) in [6, 6.07) is 10.6. The Hall–Kier alpha value is -1.80. The van der Waals surface area contributed by atoms with Gasteiger partial charge in [0.25, 0.3) is 5.91 Å². The first-order valence-corrected chi connectivity index (χ1v) is 7.15. The maximum Gasteiger partial charge on any atom is 0.265 e. The number of aliphatic hydroxyl groups is 1. The lowest BCUT2D eigenvalue weighted by Gasteiger charge is -2.03. The number of rotatable bonds is 3. The second kappa shape index (κ2) is 7.11. The molecule has 0 atom stereocenters. The molecule has 0 bridgehead atoms. The van der Waals surface area contributed by atoms with Crippen LogP contribution < -0.4 is 5.32 Å². The summed E-state index contributed by atoms with van der Waals surface area (Å²) in [4.78, 5) is 12.5. The van der Waals surface area contributed by atoms with E-state index in [9.17, 15) is 4.79 Å². The number of carbonyl (C=O) groups excluding carboxylic acids is 1. The third-order valence-corrected chi connectivity index (χ3v) is 3.62. The van der Waals surface area contributed by atoms with E-state index in [2.05, 4.69) is 17.2 Å². The van der Waals surface area contributed by atoms with Gasteiger partial charge in [-0.25, -0.2) is 0 Å². The lowest BCUT2D eigenvalue weighted by atomic mass is 10.2. The molecular formula is C15H12ClNO2S. The molecule has 2 aromatic rings. The molecule has 0 radical (unpaired) electrons. The van der Waals surface area contributed by atoms with Crippen LogP contribution in [0.2, 0.25) is 4.34 Å². The molecule has 0 saturated heterocycles. The molecule has 0 aliphatic heterocycles. The van der Waals surface area contributed by atoms with E-state index in [1.807, 2.05) is 12.1 Å². The fraction of sp³-hybridized carbons (Fsp3) is 0.133. The van der Waals surface area contributed by atoms with Crippen LogP contribution in [0.25, 0.3) is 0 Å². The number of amides is 1. The largest absolute Gasteiger partial charge is 0.395 e. The van der Waals surface area contributed by atoms with Crippen molar-refractivity contribution in [3.05, 3.63) is 51.2 Å². The highest BCUT2D eigenvalue weighted by atomic mass is 35.5. The molecule has 0 unspecified atom stereocenters. The van der Waals surface area contributed by atoms with Crippen molar-refractivity contribution in [3.8, 4) is 11.8 Å². The van der Waals surface area contributed by atoms with Crippen molar-refractivity contribution < 1.29 is 9.90 Å². The molecule has 0 aliphatic rings. The van der Waals surface area contributed by atoms with Crippen molar-refractivity contribution >= 4 is 34.5 Å². The standard InChI is InChI=1S/C15H12ClNO2S/c16-14-8-7-13(20-14)15(19)17-12-6-3-5-11(10-12)4-1-2-9-18/h3,5-8,10,18H,2,9H2,(H,17,19). The molecule has 1 amide bonds. The van der Waals surface area contributed by atoms with E-state index in [1.165, 1.54) is 11.3 Å². The van der Waals surface area contributed by atoms with Gasteiger partial charge in [0.15, 0.2) is 0 Å². The van der Waals surface area contributed by atoms with Crippen molar-refractivity contribution in [2.75, 3.05) is 11.9 Å². The first kappa shape index (κ1) is 14.6. The summed E-state index contributed by atoms with van der Waals surface area (Å²) in [7, 11) is 0. The average molecular weight is 306 g/mol. The van der Waals surface area contributed by atoms with Crippen molar-refractivity contribution in [2.24, 2.45) is 0 Å². The smallest absolute Gasteiger partial charge is 0.265 e. The van der Waals surface area contributed by atoms with Gasteiger partial charge < -0.3 is 10.4 Å². The molecule has 3 nitrogen and oxygen atoms in total. The zero-order chi connectivity index (χ0) is 14.4. The average Bonchev–Trinajstić information content (AvgIpc) is 2.86. The molecule has 0 saturated carbocycles. The van der Waals surface area contributed by atoms with Gasteiger partial charge in [-0.05, 0) is 30.3 Å². The molecular weight excluding hydrogens is 294 g/mol. The number of halogens is 1. The summed E-state index contributed by atoms with van der Waals surface area (Å²) in [5, 5.41) is 11.5. The van der Waals surface area contributed by atoms with Gasteiger partial charge in [-0.2, -0.15) is 0 Å². The molecule has 2 N–H and O–H groups in total. The fourth-order valence-corrected chi connectivity index (χ4v) is 2.46. The van der Waals surface area contributed by atoms with Crippen LogP contribution in [0.15, 0.2) is 36.4 Å². The van der Waals surface area contributed by atoms with Crippen molar-refractivity contribution in [2.45, 2.75) is 6.42 Å². The summed E-state index contributed by atoms with van der Waals surface area (Å²) in [5.74, 6) is 5.57. The van der Waals surface area contributed by atoms with Crippen LogP contribution in [0.1, 0.15) is 21.7 Å². The molecule has 2 rings (SSSR count). The Morgan fingerprint density at radius 3 is 2.90 bits per heavy atom. The number of thiophene rings is 1. The van der Waals surface area contributed by atoms with Gasteiger partial charge in [-0.3, -0.25) is 4.79 Å². The Morgan fingerprint density at radius 2 is 2.20 bits per heavy atom. The summed E-state index contributed by atoms with van der Waals surface area (Å²) >= 11 is 7.04. The normalized spacial score (nSPS) is 9.70. The second-order valence-electron chi connectivity index (χ2n) is 3.91. The number of aliphatic hydroxyl groups excluding tert-OH is 1. The molecule has 102 valence electrons. The van der Waals surface area contributed by atoms with Crippen LogP contribution in [0, 0.1) is 11.8 Å². The molecule has 20 heavy (non-hydrogen) atoms. The van der Waals surface area contributed by atoms with Gasteiger partial charge in [0, 0.05) is 17.7 Å². The van der Waals surface area contributed by atoms with Gasteiger partial charge in [0.05, 0.1) is 15.8 Å². The van der Waals surface area contributed by atoms with E-state index in [1.54, 1.807) is 24.3 Å². The Labute approximate surface area is 126 Å². The molecule has 0 spiro atoms. The monoisotopic (exact) mass is 305 g/mol. The minimum absolute atomic E-state index is 0.0442. The van der Waals surface area contributed by atoms with Gasteiger partial charge in [0.1, 0.15) is 0 Å². The van der Waals surface area contributed by atoms with Crippen LogP contribution in [0.3, 0.4) is 0 Å². The number of benzene rings is 1. The predicted octanol–water partition coefficient (Wildman–Crippen LogP) is 3.39. The van der Waals surface area contributed by atoms with Crippen LogP contribution in [-0.2, 0) is 0 Å². The highest BCUT2D eigenvalue weighted by Crippen LogP contribution is 2.22. The Balaban J connectivity index is 2.08. The number of carbonyl (C=O) groups is 1. The molecule has 0 fully saturated rings. The Kier molecular flexibility index (Phi) is 5.19. The van der Waals surface area contributed by atoms with Crippen LogP contribution in [0.4, 0.5) is 5.69 Å². The van der Waals surface area contributed by atoms with Crippen LogP contribution in [0.5, 0.6) is 0 Å². The van der Waals surface area contributed by atoms with Crippen molar-refractivity contribution in [1.29, 1.82) is 0 Å². The second-order valence-corrected chi connectivity index (χ2v) is 5.63. The van der Waals surface area contributed by atoms with Gasteiger partial charge in [-0.15, -0.1) is 11.3 Å². The molecule has 0 aliphatic carbocycles. The van der Waals surface area contributed by atoms with Crippen LogP contribution >= 0.6 is 22.9 Å². The quantitative estimate of drug-likeness (QED) is 0.854. The molecule has 1 aromatic heterocycles. The third kappa shape index (κ3) is 4.10. The predicted molar refractivity (Wildman–Crippen MR) is 82.3 cm³/mol. The lowest BCUT2D eigenvalue weighted by molar-refractivity contribution is 0.103. The first-order chi connectivity index (χ1) is 9.69. The van der Waals surface area contributed by atoms with E-state index < -0.39 is 0 Å². The summed E-state index contributed by atoms with van der Waals surface area (Å²) in [6.07, 6.45) is 0.435. The summed E-state index contributed by atoms with van der Waals surface area (Å²) < 4.78 is 0.582. The van der Waals surface area contributed by atoms with Gasteiger partial charge in [0.2, 0.25) is 0 Å². The number of nitrogens with one attached hydrogen (secondary N) is 1. The molecule has 1 heterocycles. The fourth-order valence-electron chi connectivity index (χ4n) is 1.52. The maximum atomic E-state index is 12.0. The van der Waals surface area contributed by atoms with Gasteiger partial charge in [-0.1, -0.05) is 29.5 Å². The van der Waals surface area contributed by atoms with Gasteiger partial charge >= 0.3 is 0 Å². The molecule has 1 aromatic carbocycles. The minimum atomic E-state index is -0.192. The van der Waals surface area contributed by atoms with E-state index >= 15 is 0 Å².